The summed E-state index contributed by atoms with van der Waals surface area (Å²) in [6.45, 7) is 2.16. The van der Waals surface area contributed by atoms with Gasteiger partial charge in [0.2, 0.25) is 35.7 Å². The Morgan fingerprint density at radius 2 is 2.11 bits per heavy atom. The van der Waals surface area contributed by atoms with E-state index in [1.165, 1.54) is 41.4 Å². The van der Waals surface area contributed by atoms with Crippen LogP contribution in [0.5, 0.6) is 0 Å². The lowest BCUT2D eigenvalue weighted by atomic mass is 10.1. The number of hydrogen-bond donors (Lipinski definition) is 5. The number of nitrogens with one attached hydrogen (secondary N) is 1. The summed E-state index contributed by atoms with van der Waals surface area (Å²) in [5, 5.41) is 27.0. The quantitative estimate of drug-likeness (QED) is 0.0348. The molecule has 3 amide bonds. The standard InChI is InChI=1S/C23H29N11O8S2/c1-23(2,21(40)41)42-29-15(18-28-22(26)44-30-18)19(37)27-12(24)7-32(9-35)11-6-33(31(3)17(11)25)5-10-8-43-14-4-13(36)34(14)16(10)20(38)39/h6,9,12,14,25H,4-5,7-8,24H2,1-3H3,(H5,26,27,28,30,37,38,39,40,41)/b29-15-/t12?,14-/m1/s1. The van der Waals surface area contributed by atoms with Gasteiger partial charge in [0.25, 0.3) is 5.91 Å². The fraction of sp³-hybridized carbons (Fsp3) is 0.435. The van der Waals surface area contributed by atoms with Crippen molar-refractivity contribution in [2.75, 3.05) is 28.7 Å². The predicted molar refractivity (Wildman–Crippen MR) is 153 cm³/mol. The van der Waals surface area contributed by atoms with Gasteiger partial charge in [0.15, 0.2) is 23.2 Å². The lowest BCUT2D eigenvalue weighted by Crippen LogP contribution is -2.57. The molecule has 1 saturated heterocycles. The Morgan fingerprint density at radius 1 is 1.41 bits per heavy atom. The van der Waals surface area contributed by atoms with E-state index >= 15 is 0 Å². The van der Waals surface area contributed by atoms with Crippen LogP contribution in [0.25, 0.3) is 0 Å². The number of fused-ring (bicyclic) bond motifs is 1. The molecule has 1 fully saturated rings. The van der Waals surface area contributed by atoms with Gasteiger partial charge >= 0.3 is 5.97 Å². The Balaban J connectivity index is 1.52. The highest BCUT2D eigenvalue weighted by atomic mass is 32.2. The number of carboxylic acid groups (broad SMARTS) is 2. The molecule has 19 nitrogen and oxygen atoms in total. The molecule has 0 aromatic carbocycles. The highest BCUT2D eigenvalue weighted by molar-refractivity contribution is 8.00. The van der Waals surface area contributed by atoms with Gasteiger partial charge in [0, 0.05) is 22.9 Å². The number of aliphatic carboxylic acids is 2. The first-order chi connectivity index (χ1) is 20.6. The number of carbonyl (C=O) groups excluding carboxylic acids is 4. The number of carbonyl (C=O) groups is 5. The summed E-state index contributed by atoms with van der Waals surface area (Å²) >= 11 is 2.19. The highest BCUT2D eigenvalue weighted by Crippen LogP contribution is 2.39. The number of nitrogen functional groups attached to an aromatic ring is 2. The third kappa shape index (κ3) is 6.43. The number of amides is 3. The van der Waals surface area contributed by atoms with E-state index in [4.69, 9.17) is 22.0 Å². The molecule has 2 aliphatic rings. The molecule has 8 N–H and O–H groups in total. The maximum atomic E-state index is 13.1. The van der Waals surface area contributed by atoms with Gasteiger partial charge < -0.3 is 47.3 Å². The number of hydrogen-bond acceptors (Lipinski definition) is 15. The maximum Gasteiger partial charge on any atom is 0.350 e. The van der Waals surface area contributed by atoms with Crippen molar-refractivity contribution < 1.29 is 43.7 Å². The minimum Gasteiger partial charge on any atom is -0.543 e. The van der Waals surface area contributed by atoms with E-state index in [1.54, 1.807) is 11.7 Å². The summed E-state index contributed by atoms with van der Waals surface area (Å²) < 4.78 is 6.95. The van der Waals surface area contributed by atoms with E-state index < -0.39 is 35.3 Å². The molecule has 1 unspecified atom stereocenters. The van der Waals surface area contributed by atoms with E-state index in [0.717, 1.165) is 16.4 Å². The number of rotatable bonds is 13. The monoisotopic (exact) mass is 651 g/mol. The Kier molecular flexibility index (Phi) is 9.11. The zero-order chi connectivity index (χ0) is 32.5. The molecule has 0 radical (unpaired) electrons. The van der Waals surface area contributed by atoms with Gasteiger partial charge in [-0.2, -0.15) is 9.36 Å². The van der Waals surface area contributed by atoms with Crippen LogP contribution in [-0.2, 0) is 42.4 Å². The number of nitrogens with two attached hydrogens (primary N) is 3. The zero-order valence-corrected chi connectivity index (χ0v) is 25.3. The maximum absolute atomic E-state index is 13.1. The molecular weight excluding hydrogens is 622 g/mol. The molecule has 236 valence electrons. The van der Waals surface area contributed by atoms with Crippen LogP contribution in [0.1, 0.15) is 26.1 Å². The normalized spacial score (nSPS) is 17.5. The molecular formula is C23H29N11O8S2. The van der Waals surface area contributed by atoms with E-state index in [2.05, 4.69) is 19.8 Å². The molecule has 0 saturated carbocycles. The van der Waals surface area contributed by atoms with Crippen LogP contribution in [0.3, 0.4) is 0 Å². The number of carboxylic acids is 2. The summed E-state index contributed by atoms with van der Waals surface area (Å²) in [7, 11) is 1.59. The van der Waals surface area contributed by atoms with E-state index in [1.807, 2.05) is 0 Å². The van der Waals surface area contributed by atoms with Gasteiger partial charge in [-0.05, 0) is 13.8 Å². The summed E-state index contributed by atoms with van der Waals surface area (Å²) in [5.74, 6) is -3.86. The first kappa shape index (κ1) is 32.2. The Bertz CT molecular complexity index is 1580. The van der Waals surface area contributed by atoms with Crippen molar-refractivity contribution in [1.82, 2.24) is 24.3 Å². The van der Waals surface area contributed by atoms with Crippen molar-refractivity contribution in [3.8, 4) is 0 Å². The van der Waals surface area contributed by atoms with Crippen LogP contribution in [0.15, 0.2) is 22.6 Å². The molecule has 4 rings (SSSR count). The lowest BCUT2D eigenvalue weighted by molar-refractivity contribution is -0.765. The second-order valence-electron chi connectivity index (χ2n) is 10.1. The lowest BCUT2D eigenvalue weighted by Gasteiger charge is -2.45. The van der Waals surface area contributed by atoms with Crippen molar-refractivity contribution in [2.24, 2.45) is 17.9 Å². The van der Waals surface area contributed by atoms with Crippen molar-refractivity contribution >= 4 is 75.8 Å². The number of thioether (sulfide) groups is 1. The molecule has 2 aromatic heterocycles. The Hall–Kier alpha value is -4.76. The fourth-order valence-corrected chi connectivity index (χ4v) is 5.85. The van der Waals surface area contributed by atoms with E-state index in [0.29, 0.717) is 17.7 Å². The van der Waals surface area contributed by atoms with Gasteiger partial charge in [-0.25, -0.2) is 4.79 Å². The predicted octanol–water partition coefficient (Wildman–Crippen LogP) is -3.71. The molecule has 4 heterocycles. The van der Waals surface area contributed by atoms with Gasteiger partial charge in [-0.15, -0.1) is 21.1 Å². The van der Waals surface area contributed by atoms with Gasteiger partial charge in [-0.3, -0.25) is 19.3 Å². The first-order valence-corrected chi connectivity index (χ1v) is 14.6. The van der Waals surface area contributed by atoms with Crippen LogP contribution in [-0.4, -0.2) is 89.4 Å². The van der Waals surface area contributed by atoms with E-state index in [-0.39, 0.29) is 58.9 Å². The first-order valence-electron chi connectivity index (χ1n) is 12.7. The Labute approximate surface area is 257 Å². The van der Waals surface area contributed by atoms with Crippen LogP contribution >= 0.6 is 23.3 Å². The summed E-state index contributed by atoms with van der Waals surface area (Å²) in [4.78, 5) is 71.8. The Morgan fingerprint density at radius 3 is 2.68 bits per heavy atom. The molecule has 2 aliphatic heterocycles. The number of anilines is 3. The summed E-state index contributed by atoms with van der Waals surface area (Å²) in [6, 6.07) is 0. The number of aromatic nitrogens is 4. The van der Waals surface area contributed by atoms with Gasteiger partial charge in [0.05, 0.1) is 43.2 Å². The molecule has 0 bridgehead atoms. The minimum atomic E-state index is -1.80. The summed E-state index contributed by atoms with van der Waals surface area (Å²) in [6.07, 6.45) is 0.961. The van der Waals surface area contributed by atoms with Gasteiger partial charge in [0.1, 0.15) is 0 Å². The number of nitrogens with zero attached hydrogens (tertiary/aromatic N) is 7. The minimum absolute atomic E-state index is 0.00731. The van der Waals surface area contributed by atoms with Crippen LogP contribution in [0.2, 0.25) is 0 Å². The van der Waals surface area contributed by atoms with Crippen LogP contribution in [0, 0.1) is 0 Å². The number of β-lactam (4-membered cyclic amide) rings is 1. The molecule has 21 heteroatoms. The largest absolute Gasteiger partial charge is 0.543 e. The van der Waals surface area contributed by atoms with Crippen molar-refractivity contribution in [2.45, 2.75) is 44.0 Å². The molecule has 0 spiro atoms. The second kappa shape index (κ2) is 12.5. The zero-order valence-electron chi connectivity index (χ0n) is 23.6. The topological polar surface area (TPSA) is 281 Å². The SMILES string of the molecule is Cn1c(N)c(N(C=O)CC(N)NC(=O)/C(=N\OC(C)(C)C(=O)O)c2nsc(N)n2)c[n+]1CC1=C(C(=O)[O-])N2C(=O)C[C@H]2SC1. The van der Waals surface area contributed by atoms with Gasteiger partial charge in [-0.1, -0.05) is 5.16 Å². The van der Waals surface area contributed by atoms with E-state index in [9.17, 15) is 34.2 Å². The summed E-state index contributed by atoms with van der Waals surface area (Å²) in [5.41, 5.74) is 16.1. The average Bonchev–Trinajstić information content (AvgIpc) is 3.49. The van der Waals surface area contributed by atoms with Crippen LogP contribution in [0.4, 0.5) is 16.6 Å². The third-order valence-corrected chi connectivity index (χ3v) is 8.46. The second-order valence-corrected chi connectivity index (χ2v) is 12.1. The number of oxime groups is 1. The van der Waals surface area contributed by atoms with Crippen molar-refractivity contribution in [3.63, 3.8) is 0 Å². The third-order valence-electron chi connectivity index (χ3n) is 6.64. The highest BCUT2D eigenvalue weighted by Gasteiger charge is 2.44. The molecule has 2 atom stereocenters. The molecule has 2 aromatic rings. The van der Waals surface area contributed by atoms with Crippen molar-refractivity contribution in [1.29, 1.82) is 0 Å². The van der Waals surface area contributed by atoms with Crippen molar-refractivity contribution in [3.05, 3.63) is 23.3 Å². The molecule has 0 aliphatic carbocycles. The molecule has 44 heavy (non-hydrogen) atoms. The fourth-order valence-electron chi connectivity index (χ4n) is 4.16. The average molecular weight is 652 g/mol. The van der Waals surface area contributed by atoms with Crippen LogP contribution < -0.4 is 37.2 Å². The smallest absolute Gasteiger partial charge is 0.350 e.